The van der Waals surface area contributed by atoms with E-state index >= 15 is 0 Å². The van der Waals surface area contributed by atoms with E-state index in [2.05, 4.69) is 10.6 Å². The number of esters is 1. The Bertz CT molecular complexity index is 472. The Morgan fingerprint density at radius 2 is 1.90 bits per heavy atom. The normalized spacial score (nSPS) is 11.8. The lowest BCUT2D eigenvalue weighted by Gasteiger charge is -2.16. The van der Waals surface area contributed by atoms with Crippen LogP contribution in [0.25, 0.3) is 0 Å². The third-order valence-corrected chi connectivity index (χ3v) is 2.89. The molecule has 5 heteroatoms. The Morgan fingerprint density at radius 1 is 1.25 bits per heavy atom. The molecule has 0 saturated carbocycles. The van der Waals surface area contributed by atoms with Gasteiger partial charge in [-0.05, 0) is 24.6 Å². The van der Waals surface area contributed by atoms with Crippen molar-refractivity contribution in [2.45, 2.75) is 33.2 Å². The molecule has 0 fully saturated rings. The van der Waals surface area contributed by atoms with Crippen molar-refractivity contribution in [1.29, 1.82) is 0 Å². The molecule has 20 heavy (non-hydrogen) atoms. The van der Waals surface area contributed by atoms with Gasteiger partial charge in [0.25, 0.3) is 0 Å². The second kappa shape index (κ2) is 7.53. The van der Waals surface area contributed by atoms with Gasteiger partial charge < -0.3 is 15.4 Å². The van der Waals surface area contributed by atoms with E-state index in [4.69, 9.17) is 4.74 Å². The molecule has 0 aliphatic rings. The largest absolute Gasteiger partial charge is 0.467 e. The van der Waals surface area contributed by atoms with Crippen molar-refractivity contribution >= 4 is 23.3 Å². The Balaban J connectivity index is 2.77. The lowest BCUT2D eigenvalue weighted by Crippen LogP contribution is -2.29. The molecule has 0 heterocycles. The summed E-state index contributed by atoms with van der Waals surface area (Å²) in [5.41, 5.74) is 1.47. The molecule has 0 aliphatic carbocycles. The SMILES string of the molecule is CCC(Nc1cccc(NC(=O)C(C)C)c1)C(=O)OC. The highest BCUT2D eigenvalue weighted by Crippen LogP contribution is 2.17. The second-order valence-electron chi connectivity index (χ2n) is 4.85. The first-order valence-corrected chi connectivity index (χ1v) is 6.73. The standard InChI is InChI=1S/C15H22N2O3/c1-5-13(15(19)20-4)16-11-7-6-8-12(9-11)17-14(18)10(2)3/h6-10,13,16H,5H2,1-4H3,(H,17,18). The minimum absolute atomic E-state index is 0.0397. The summed E-state index contributed by atoms with van der Waals surface area (Å²) in [5, 5.41) is 5.92. The maximum absolute atomic E-state index is 11.7. The lowest BCUT2D eigenvalue weighted by atomic mass is 10.2. The van der Waals surface area contributed by atoms with Gasteiger partial charge in [-0.15, -0.1) is 0 Å². The average Bonchev–Trinajstić information content (AvgIpc) is 2.44. The summed E-state index contributed by atoms with van der Waals surface area (Å²) >= 11 is 0. The van der Waals surface area contributed by atoms with E-state index in [1.165, 1.54) is 7.11 Å². The average molecular weight is 278 g/mol. The number of nitrogens with one attached hydrogen (secondary N) is 2. The minimum atomic E-state index is -0.393. The first-order chi connectivity index (χ1) is 9.47. The molecule has 0 spiro atoms. The molecule has 0 aromatic heterocycles. The molecule has 1 rings (SSSR count). The van der Waals surface area contributed by atoms with Gasteiger partial charge in [0.05, 0.1) is 7.11 Å². The number of benzene rings is 1. The number of methoxy groups -OCH3 is 1. The summed E-state index contributed by atoms with van der Waals surface area (Å²) in [7, 11) is 1.37. The molecule has 1 aromatic rings. The van der Waals surface area contributed by atoms with Crippen molar-refractivity contribution in [3.8, 4) is 0 Å². The molecule has 5 nitrogen and oxygen atoms in total. The summed E-state index contributed by atoms with van der Waals surface area (Å²) in [4.78, 5) is 23.2. The van der Waals surface area contributed by atoms with Crippen LogP contribution in [0.5, 0.6) is 0 Å². The van der Waals surface area contributed by atoms with E-state index in [1.807, 2.05) is 39.0 Å². The first kappa shape index (κ1) is 16.0. The van der Waals surface area contributed by atoms with Crippen LogP contribution >= 0.6 is 0 Å². The van der Waals surface area contributed by atoms with Crippen LogP contribution in [0, 0.1) is 5.92 Å². The number of carbonyl (C=O) groups is 2. The predicted octanol–water partition coefficient (Wildman–Crippen LogP) is 2.64. The molecular formula is C15H22N2O3. The Morgan fingerprint density at radius 3 is 2.45 bits per heavy atom. The molecule has 0 saturated heterocycles. The topological polar surface area (TPSA) is 67.4 Å². The monoisotopic (exact) mass is 278 g/mol. The fraction of sp³-hybridized carbons (Fsp3) is 0.467. The highest BCUT2D eigenvalue weighted by molar-refractivity contribution is 5.92. The van der Waals surface area contributed by atoms with Gasteiger partial charge in [0.2, 0.25) is 5.91 Å². The van der Waals surface area contributed by atoms with E-state index in [-0.39, 0.29) is 17.8 Å². The second-order valence-corrected chi connectivity index (χ2v) is 4.85. The number of ether oxygens (including phenoxy) is 1. The zero-order valence-electron chi connectivity index (χ0n) is 12.4. The summed E-state index contributed by atoms with van der Waals surface area (Å²) in [6, 6.07) is 6.88. The highest BCUT2D eigenvalue weighted by atomic mass is 16.5. The van der Waals surface area contributed by atoms with Crippen molar-refractivity contribution in [1.82, 2.24) is 0 Å². The quantitative estimate of drug-likeness (QED) is 0.785. The van der Waals surface area contributed by atoms with Gasteiger partial charge in [0, 0.05) is 17.3 Å². The minimum Gasteiger partial charge on any atom is -0.467 e. The number of anilines is 2. The first-order valence-electron chi connectivity index (χ1n) is 6.73. The number of rotatable bonds is 6. The van der Waals surface area contributed by atoms with Gasteiger partial charge in [0.1, 0.15) is 6.04 Å². The number of hydrogen-bond donors (Lipinski definition) is 2. The zero-order chi connectivity index (χ0) is 15.1. The zero-order valence-corrected chi connectivity index (χ0v) is 12.4. The van der Waals surface area contributed by atoms with Crippen molar-refractivity contribution in [3.63, 3.8) is 0 Å². The van der Waals surface area contributed by atoms with Crippen LogP contribution in [0.3, 0.4) is 0 Å². The van der Waals surface area contributed by atoms with Crippen LogP contribution in [0.15, 0.2) is 24.3 Å². The van der Waals surface area contributed by atoms with E-state index in [0.29, 0.717) is 12.1 Å². The fourth-order valence-electron chi connectivity index (χ4n) is 1.64. The van der Waals surface area contributed by atoms with Gasteiger partial charge >= 0.3 is 5.97 Å². The van der Waals surface area contributed by atoms with Crippen LogP contribution in [0.4, 0.5) is 11.4 Å². The Kier molecular flexibility index (Phi) is 6.03. The summed E-state index contributed by atoms with van der Waals surface area (Å²) in [6.07, 6.45) is 0.620. The summed E-state index contributed by atoms with van der Waals surface area (Å²) in [6.45, 7) is 5.57. The molecule has 2 N–H and O–H groups in total. The molecule has 110 valence electrons. The highest BCUT2D eigenvalue weighted by Gasteiger charge is 2.16. The predicted molar refractivity (Wildman–Crippen MR) is 79.6 cm³/mol. The molecule has 0 radical (unpaired) electrons. The fourth-order valence-corrected chi connectivity index (χ4v) is 1.64. The molecule has 0 bridgehead atoms. The van der Waals surface area contributed by atoms with Crippen LogP contribution < -0.4 is 10.6 Å². The van der Waals surface area contributed by atoms with Crippen LogP contribution in [0.2, 0.25) is 0 Å². The Hall–Kier alpha value is -2.04. The van der Waals surface area contributed by atoms with E-state index < -0.39 is 6.04 Å². The van der Waals surface area contributed by atoms with Gasteiger partial charge in [-0.25, -0.2) is 4.79 Å². The maximum Gasteiger partial charge on any atom is 0.328 e. The van der Waals surface area contributed by atoms with Crippen molar-refractivity contribution in [2.75, 3.05) is 17.7 Å². The maximum atomic E-state index is 11.7. The smallest absolute Gasteiger partial charge is 0.328 e. The van der Waals surface area contributed by atoms with Crippen LogP contribution in [0.1, 0.15) is 27.2 Å². The summed E-state index contributed by atoms with van der Waals surface area (Å²) in [5.74, 6) is -0.420. The van der Waals surface area contributed by atoms with Gasteiger partial charge in [-0.1, -0.05) is 26.8 Å². The van der Waals surface area contributed by atoms with E-state index in [1.54, 1.807) is 6.07 Å². The van der Waals surface area contributed by atoms with Crippen LogP contribution in [-0.2, 0) is 14.3 Å². The third-order valence-electron chi connectivity index (χ3n) is 2.89. The number of hydrogen-bond acceptors (Lipinski definition) is 4. The van der Waals surface area contributed by atoms with Crippen molar-refractivity contribution < 1.29 is 14.3 Å². The number of amides is 1. The molecule has 1 atom stereocenters. The molecular weight excluding hydrogens is 256 g/mol. The number of carbonyl (C=O) groups excluding carboxylic acids is 2. The Labute approximate surface area is 119 Å². The van der Waals surface area contributed by atoms with Crippen LogP contribution in [-0.4, -0.2) is 25.0 Å². The van der Waals surface area contributed by atoms with E-state index in [9.17, 15) is 9.59 Å². The molecule has 1 amide bonds. The third kappa shape index (κ3) is 4.57. The van der Waals surface area contributed by atoms with E-state index in [0.717, 1.165) is 5.69 Å². The molecule has 1 unspecified atom stereocenters. The van der Waals surface area contributed by atoms with Crippen molar-refractivity contribution in [3.05, 3.63) is 24.3 Å². The van der Waals surface area contributed by atoms with Gasteiger partial charge in [-0.3, -0.25) is 4.79 Å². The van der Waals surface area contributed by atoms with Gasteiger partial charge in [0.15, 0.2) is 0 Å². The molecule has 0 aliphatic heterocycles. The summed E-state index contributed by atoms with van der Waals surface area (Å²) < 4.78 is 4.73. The lowest BCUT2D eigenvalue weighted by molar-refractivity contribution is -0.141. The van der Waals surface area contributed by atoms with Gasteiger partial charge in [-0.2, -0.15) is 0 Å². The molecule has 1 aromatic carbocycles. The van der Waals surface area contributed by atoms with Crippen molar-refractivity contribution in [2.24, 2.45) is 5.92 Å².